The van der Waals surface area contributed by atoms with Gasteiger partial charge in [0.2, 0.25) is 0 Å². The van der Waals surface area contributed by atoms with E-state index < -0.39 is 0 Å². The summed E-state index contributed by atoms with van der Waals surface area (Å²) in [5.74, 6) is 1.70. The first-order chi connectivity index (χ1) is 13.1. The maximum Gasteiger partial charge on any atom is 0.267 e. The predicted molar refractivity (Wildman–Crippen MR) is 105 cm³/mol. The Labute approximate surface area is 161 Å². The van der Waals surface area contributed by atoms with Crippen molar-refractivity contribution >= 4 is 22.9 Å². The number of aryl methyl sites for hydroxylation is 1. The van der Waals surface area contributed by atoms with Crippen LogP contribution in [0.2, 0.25) is 0 Å². The number of methoxy groups -OCH3 is 2. The van der Waals surface area contributed by atoms with Crippen molar-refractivity contribution in [2.75, 3.05) is 19.5 Å². The quantitative estimate of drug-likeness (QED) is 0.658. The van der Waals surface area contributed by atoms with Crippen LogP contribution in [0.15, 0.2) is 48.5 Å². The number of anilines is 1. The number of benzene rings is 2. The lowest BCUT2D eigenvalue weighted by molar-refractivity contribution is 0.103. The van der Waals surface area contributed by atoms with Gasteiger partial charge in [-0.1, -0.05) is 18.2 Å². The Morgan fingerprint density at radius 1 is 1.07 bits per heavy atom. The van der Waals surface area contributed by atoms with E-state index in [-0.39, 0.29) is 5.91 Å². The first-order valence-corrected chi connectivity index (χ1v) is 9.10. The van der Waals surface area contributed by atoms with Crippen LogP contribution in [0.3, 0.4) is 0 Å². The van der Waals surface area contributed by atoms with Crippen LogP contribution < -0.4 is 19.5 Å². The number of amides is 1. The molecule has 1 aromatic heterocycles. The van der Waals surface area contributed by atoms with E-state index in [0.717, 1.165) is 10.8 Å². The molecule has 1 N–H and O–H groups in total. The number of hydrogen-bond donors (Lipinski definition) is 1. The van der Waals surface area contributed by atoms with Crippen LogP contribution in [0.1, 0.15) is 20.4 Å². The van der Waals surface area contributed by atoms with Gasteiger partial charge in [0.05, 0.1) is 19.9 Å². The zero-order valence-electron chi connectivity index (χ0n) is 15.3. The van der Waals surface area contributed by atoms with Crippen LogP contribution in [0.25, 0.3) is 0 Å². The Balaban J connectivity index is 1.69. The number of rotatable bonds is 7. The van der Waals surface area contributed by atoms with Crippen LogP contribution in [0.4, 0.5) is 5.69 Å². The van der Waals surface area contributed by atoms with E-state index in [1.165, 1.54) is 11.3 Å². The van der Waals surface area contributed by atoms with E-state index in [9.17, 15) is 4.79 Å². The van der Waals surface area contributed by atoms with Gasteiger partial charge in [0.1, 0.15) is 22.2 Å². The molecule has 0 fully saturated rings. The highest BCUT2D eigenvalue weighted by atomic mass is 32.1. The molecule has 0 aliphatic carbocycles. The molecule has 27 heavy (non-hydrogen) atoms. The van der Waals surface area contributed by atoms with Gasteiger partial charge in [-0.05, 0) is 31.2 Å². The molecular formula is C20H20N2O4S. The number of thiazole rings is 1. The lowest BCUT2D eigenvalue weighted by Gasteiger charge is -2.10. The number of nitrogens with zero attached hydrogens (tertiary/aromatic N) is 1. The number of nitrogens with one attached hydrogen (secondary N) is 1. The summed E-state index contributed by atoms with van der Waals surface area (Å²) in [5.41, 5.74) is 1.29. The van der Waals surface area contributed by atoms with Crippen molar-refractivity contribution in [3.63, 3.8) is 0 Å². The Morgan fingerprint density at radius 3 is 2.52 bits per heavy atom. The SMILES string of the molecule is COc1ccc(NC(=O)c2sc(COc3ccccc3)nc2C)cc1OC. The second-order valence-electron chi connectivity index (χ2n) is 5.65. The second-order valence-corrected chi connectivity index (χ2v) is 6.73. The molecule has 1 heterocycles. The monoisotopic (exact) mass is 384 g/mol. The van der Waals surface area contributed by atoms with Crippen molar-refractivity contribution in [2.45, 2.75) is 13.5 Å². The number of hydrogen-bond acceptors (Lipinski definition) is 6. The normalized spacial score (nSPS) is 10.3. The topological polar surface area (TPSA) is 69.7 Å². The van der Waals surface area contributed by atoms with Crippen LogP contribution in [0.5, 0.6) is 17.2 Å². The van der Waals surface area contributed by atoms with Crippen LogP contribution in [-0.2, 0) is 6.61 Å². The van der Waals surface area contributed by atoms with Gasteiger partial charge in [0, 0.05) is 11.8 Å². The molecule has 0 saturated carbocycles. The number of aromatic nitrogens is 1. The Bertz CT molecular complexity index is 925. The van der Waals surface area contributed by atoms with E-state index in [1.807, 2.05) is 37.3 Å². The van der Waals surface area contributed by atoms with E-state index in [4.69, 9.17) is 14.2 Å². The molecule has 6 nitrogen and oxygen atoms in total. The minimum atomic E-state index is -0.219. The van der Waals surface area contributed by atoms with E-state index in [1.54, 1.807) is 32.4 Å². The van der Waals surface area contributed by atoms with Gasteiger partial charge in [-0.25, -0.2) is 4.98 Å². The van der Waals surface area contributed by atoms with Gasteiger partial charge in [-0.2, -0.15) is 0 Å². The van der Waals surface area contributed by atoms with Crippen molar-refractivity contribution in [2.24, 2.45) is 0 Å². The molecule has 140 valence electrons. The highest BCUT2D eigenvalue weighted by Gasteiger charge is 2.16. The summed E-state index contributed by atoms with van der Waals surface area (Å²) in [6, 6.07) is 14.7. The van der Waals surface area contributed by atoms with Crippen LogP contribution in [0, 0.1) is 6.92 Å². The smallest absolute Gasteiger partial charge is 0.267 e. The van der Waals surface area contributed by atoms with Crippen molar-refractivity contribution in [1.29, 1.82) is 0 Å². The molecule has 0 spiro atoms. The molecule has 0 saturated heterocycles. The summed E-state index contributed by atoms with van der Waals surface area (Å²) < 4.78 is 16.2. The molecule has 3 aromatic rings. The summed E-state index contributed by atoms with van der Waals surface area (Å²) in [6.07, 6.45) is 0. The third kappa shape index (κ3) is 4.57. The second kappa shape index (κ2) is 8.55. The fourth-order valence-corrected chi connectivity index (χ4v) is 3.36. The number of ether oxygens (including phenoxy) is 3. The molecule has 7 heteroatoms. The third-order valence-electron chi connectivity index (χ3n) is 3.79. The van der Waals surface area contributed by atoms with Crippen molar-refractivity contribution in [3.8, 4) is 17.2 Å². The molecule has 2 aromatic carbocycles. The molecule has 0 radical (unpaired) electrons. The molecule has 3 rings (SSSR count). The van der Waals surface area contributed by atoms with Crippen molar-refractivity contribution in [3.05, 3.63) is 64.1 Å². The van der Waals surface area contributed by atoms with E-state index in [0.29, 0.717) is 34.4 Å². The molecule has 0 aliphatic heterocycles. The molecule has 0 atom stereocenters. The summed E-state index contributed by atoms with van der Waals surface area (Å²) in [4.78, 5) is 17.6. The highest BCUT2D eigenvalue weighted by Crippen LogP contribution is 2.30. The summed E-state index contributed by atoms with van der Waals surface area (Å²) >= 11 is 1.32. The maximum atomic E-state index is 12.6. The number of carbonyl (C=O) groups is 1. The fourth-order valence-electron chi connectivity index (χ4n) is 2.49. The van der Waals surface area contributed by atoms with E-state index >= 15 is 0 Å². The van der Waals surface area contributed by atoms with Crippen molar-refractivity contribution in [1.82, 2.24) is 4.98 Å². The molecule has 0 bridgehead atoms. The van der Waals surface area contributed by atoms with Gasteiger partial charge in [-0.15, -0.1) is 11.3 Å². The Kier molecular flexibility index (Phi) is 5.93. The Hall–Kier alpha value is -3.06. The molecule has 0 unspecified atom stereocenters. The molecular weight excluding hydrogens is 364 g/mol. The predicted octanol–water partition coefficient (Wildman–Crippen LogP) is 4.30. The zero-order valence-corrected chi connectivity index (χ0v) is 16.1. The molecule has 1 amide bonds. The Morgan fingerprint density at radius 2 is 1.81 bits per heavy atom. The van der Waals surface area contributed by atoms with Gasteiger partial charge in [-0.3, -0.25) is 4.79 Å². The first kappa shape index (κ1) is 18.7. The summed E-state index contributed by atoms with van der Waals surface area (Å²) in [7, 11) is 3.12. The fraction of sp³-hybridized carbons (Fsp3) is 0.200. The molecule has 0 aliphatic rings. The average Bonchev–Trinajstić information content (AvgIpc) is 3.08. The largest absolute Gasteiger partial charge is 0.493 e. The van der Waals surface area contributed by atoms with Gasteiger partial charge >= 0.3 is 0 Å². The zero-order chi connectivity index (χ0) is 19.2. The standard InChI is InChI=1S/C20H20N2O4S/c1-13-19(27-18(21-13)12-26-15-7-5-4-6-8-15)20(23)22-14-9-10-16(24-2)17(11-14)25-3/h4-11H,12H2,1-3H3,(H,22,23). The third-order valence-corrected chi connectivity index (χ3v) is 4.92. The van der Waals surface area contributed by atoms with Gasteiger partial charge < -0.3 is 19.5 Å². The maximum absolute atomic E-state index is 12.6. The highest BCUT2D eigenvalue weighted by molar-refractivity contribution is 7.13. The van der Waals surface area contributed by atoms with Crippen molar-refractivity contribution < 1.29 is 19.0 Å². The van der Waals surface area contributed by atoms with Gasteiger partial charge in [0.25, 0.3) is 5.91 Å². The van der Waals surface area contributed by atoms with E-state index in [2.05, 4.69) is 10.3 Å². The lowest BCUT2D eigenvalue weighted by atomic mass is 10.2. The number of para-hydroxylation sites is 1. The minimum absolute atomic E-state index is 0.219. The van der Waals surface area contributed by atoms with Gasteiger partial charge in [0.15, 0.2) is 11.5 Å². The number of carbonyl (C=O) groups excluding carboxylic acids is 1. The summed E-state index contributed by atoms with van der Waals surface area (Å²) in [5, 5.41) is 3.61. The summed E-state index contributed by atoms with van der Waals surface area (Å²) in [6.45, 7) is 2.13. The average molecular weight is 384 g/mol. The van der Waals surface area contributed by atoms with Crippen LogP contribution in [-0.4, -0.2) is 25.1 Å². The van der Waals surface area contributed by atoms with Crippen LogP contribution >= 0.6 is 11.3 Å². The lowest BCUT2D eigenvalue weighted by Crippen LogP contribution is -2.11. The minimum Gasteiger partial charge on any atom is -0.493 e. The first-order valence-electron chi connectivity index (χ1n) is 8.28.